The van der Waals surface area contributed by atoms with Crippen molar-refractivity contribution in [1.82, 2.24) is 0 Å². The highest BCUT2D eigenvalue weighted by Gasteiger charge is 2.45. The van der Waals surface area contributed by atoms with Crippen LogP contribution in [-0.2, 0) is 14.3 Å². The molecule has 94 valence electrons. The molecule has 1 heterocycles. The molecule has 4 N–H and O–H groups in total. The van der Waals surface area contributed by atoms with Crippen LogP contribution in [0.15, 0.2) is 0 Å². The lowest BCUT2D eigenvalue weighted by molar-refractivity contribution is -0.279. The summed E-state index contributed by atoms with van der Waals surface area (Å²) in [7, 11) is 1.30. The van der Waals surface area contributed by atoms with Crippen molar-refractivity contribution in [2.75, 3.05) is 13.7 Å². The number of carbonyl (C=O) groups is 1. The minimum Gasteiger partial charge on any atom is -0.481 e. The van der Waals surface area contributed by atoms with E-state index in [1.165, 1.54) is 7.11 Å². The molecule has 0 aromatic carbocycles. The van der Waals surface area contributed by atoms with Crippen LogP contribution in [0.2, 0.25) is 0 Å². The number of hydrogen-bond donors (Lipinski definition) is 4. The van der Waals surface area contributed by atoms with Crippen LogP contribution in [0.1, 0.15) is 6.42 Å². The summed E-state index contributed by atoms with van der Waals surface area (Å²) < 4.78 is 10.0. The topological polar surface area (TPSA) is 116 Å². The van der Waals surface area contributed by atoms with E-state index in [0.29, 0.717) is 0 Å². The SMILES string of the molecule is CO[C@@H]1O[C@H](CO)[C@H](O)[C@H](O)[C@H]1CC(=O)O. The van der Waals surface area contributed by atoms with E-state index in [4.69, 9.17) is 19.7 Å². The lowest BCUT2D eigenvalue weighted by atomic mass is 9.88. The molecule has 1 aliphatic heterocycles. The Morgan fingerprint density at radius 1 is 1.38 bits per heavy atom. The molecule has 0 aliphatic carbocycles. The van der Waals surface area contributed by atoms with Gasteiger partial charge in [-0.2, -0.15) is 0 Å². The van der Waals surface area contributed by atoms with Crippen molar-refractivity contribution in [3.63, 3.8) is 0 Å². The average Bonchev–Trinajstić information content (AvgIpc) is 2.25. The monoisotopic (exact) mass is 236 g/mol. The molecule has 0 saturated carbocycles. The maximum atomic E-state index is 10.6. The number of aliphatic carboxylic acids is 1. The highest BCUT2D eigenvalue weighted by atomic mass is 16.7. The van der Waals surface area contributed by atoms with Crippen LogP contribution in [-0.4, -0.2) is 64.7 Å². The fraction of sp³-hybridized carbons (Fsp3) is 0.889. The van der Waals surface area contributed by atoms with Gasteiger partial charge in [-0.05, 0) is 0 Å². The maximum Gasteiger partial charge on any atom is 0.303 e. The molecule has 16 heavy (non-hydrogen) atoms. The highest BCUT2D eigenvalue weighted by molar-refractivity contribution is 5.67. The normalized spacial score (nSPS) is 39.6. The zero-order valence-corrected chi connectivity index (χ0v) is 8.81. The molecule has 5 atom stereocenters. The third-order valence-corrected chi connectivity index (χ3v) is 2.65. The first-order valence-electron chi connectivity index (χ1n) is 4.88. The number of carboxylic acid groups (broad SMARTS) is 1. The molecule has 0 radical (unpaired) electrons. The van der Waals surface area contributed by atoms with Gasteiger partial charge in [-0.1, -0.05) is 0 Å². The zero-order chi connectivity index (χ0) is 12.3. The molecular formula is C9H16O7. The van der Waals surface area contributed by atoms with Crippen LogP contribution in [0, 0.1) is 5.92 Å². The average molecular weight is 236 g/mol. The van der Waals surface area contributed by atoms with Crippen LogP contribution in [0.3, 0.4) is 0 Å². The van der Waals surface area contributed by atoms with Crippen LogP contribution in [0.4, 0.5) is 0 Å². The van der Waals surface area contributed by atoms with Crippen molar-refractivity contribution in [2.45, 2.75) is 31.0 Å². The van der Waals surface area contributed by atoms with Crippen LogP contribution < -0.4 is 0 Å². The lowest BCUT2D eigenvalue weighted by Crippen LogP contribution is -2.56. The Labute approximate surface area is 92.2 Å². The van der Waals surface area contributed by atoms with Crippen molar-refractivity contribution >= 4 is 5.97 Å². The second kappa shape index (κ2) is 5.55. The summed E-state index contributed by atoms with van der Waals surface area (Å²) in [5, 5.41) is 36.8. The van der Waals surface area contributed by atoms with E-state index in [-0.39, 0.29) is 6.42 Å². The zero-order valence-electron chi connectivity index (χ0n) is 8.81. The second-order valence-corrected chi connectivity index (χ2v) is 3.70. The minimum absolute atomic E-state index is 0.380. The third kappa shape index (κ3) is 2.69. The molecule has 0 spiro atoms. The van der Waals surface area contributed by atoms with Crippen molar-refractivity contribution in [3.05, 3.63) is 0 Å². The summed E-state index contributed by atoms with van der Waals surface area (Å²) in [6.45, 7) is -0.474. The van der Waals surface area contributed by atoms with Gasteiger partial charge < -0.3 is 29.9 Å². The quantitative estimate of drug-likeness (QED) is 0.453. The predicted molar refractivity (Wildman–Crippen MR) is 50.5 cm³/mol. The number of ether oxygens (including phenoxy) is 2. The standard InChI is InChI=1S/C9H16O7/c1-15-9-4(2-6(11)12)7(13)8(14)5(3-10)16-9/h4-5,7-10,13-14H,2-3H2,1H3,(H,11,12)/t4-,5-,7-,8+,9-/m1/s1. The smallest absolute Gasteiger partial charge is 0.303 e. The molecule has 0 unspecified atom stereocenters. The number of rotatable bonds is 4. The number of aliphatic hydroxyl groups excluding tert-OH is 3. The summed E-state index contributed by atoms with van der Waals surface area (Å²) in [6.07, 6.45) is -4.92. The van der Waals surface area contributed by atoms with Crippen molar-refractivity contribution in [1.29, 1.82) is 0 Å². The van der Waals surface area contributed by atoms with E-state index in [1.54, 1.807) is 0 Å². The minimum atomic E-state index is -1.32. The Morgan fingerprint density at radius 2 is 2.00 bits per heavy atom. The molecular weight excluding hydrogens is 220 g/mol. The molecule has 0 amide bonds. The fourth-order valence-electron chi connectivity index (χ4n) is 1.79. The van der Waals surface area contributed by atoms with Crippen LogP contribution >= 0.6 is 0 Å². The van der Waals surface area contributed by atoms with Crippen molar-refractivity contribution < 1.29 is 34.7 Å². The van der Waals surface area contributed by atoms with E-state index >= 15 is 0 Å². The fourth-order valence-corrected chi connectivity index (χ4v) is 1.79. The van der Waals surface area contributed by atoms with Gasteiger partial charge in [0.05, 0.1) is 19.1 Å². The number of methoxy groups -OCH3 is 1. The third-order valence-electron chi connectivity index (χ3n) is 2.65. The molecule has 0 bridgehead atoms. The van der Waals surface area contributed by atoms with Gasteiger partial charge in [-0.25, -0.2) is 0 Å². The van der Waals surface area contributed by atoms with Gasteiger partial charge >= 0.3 is 5.97 Å². The van der Waals surface area contributed by atoms with Crippen LogP contribution in [0.25, 0.3) is 0 Å². The lowest BCUT2D eigenvalue weighted by Gasteiger charge is -2.41. The summed E-state index contributed by atoms with van der Waals surface area (Å²) in [5.74, 6) is -1.98. The van der Waals surface area contributed by atoms with Gasteiger partial charge in [-0.3, -0.25) is 4.79 Å². The molecule has 1 saturated heterocycles. The van der Waals surface area contributed by atoms with Gasteiger partial charge in [0.2, 0.25) is 0 Å². The Hall–Kier alpha value is -0.730. The van der Waals surface area contributed by atoms with Crippen molar-refractivity contribution in [2.24, 2.45) is 5.92 Å². The summed E-state index contributed by atoms with van der Waals surface area (Å²) in [5.41, 5.74) is 0. The first kappa shape index (κ1) is 13.3. The molecule has 1 aliphatic rings. The Balaban J connectivity index is 2.77. The molecule has 7 nitrogen and oxygen atoms in total. The molecule has 1 rings (SSSR count). The van der Waals surface area contributed by atoms with E-state index in [1.807, 2.05) is 0 Å². The van der Waals surface area contributed by atoms with Gasteiger partial charge in [0, 0.05) is 13.0 Å². The van der Waals surface area contributed by atoms with Crippen molar-refractivity contribution in [3.8, 4) is 0 Å². The number of carboxylic acids is 1. The number of hydrogen-bond acceptors (Lipinski definition) is 6. The Bertz CT molecular complexity index is 242. The summed E-state index contributed by atoms with van der Waals surface area (Å²) in [4.78, 5) is 10.6. The van der Waals surface area contributed by atoms with E-state index in [9.17, 15) is 15.0 Å². The van der Waals surface area contributed by atoms with Gasteiger partial charge in [0.15, 0.2) is 6.29 Å². The van der Waals surface area contributed by atoms with E-state index < -0.39 is 43.1 Å². The molecule has 0 aromatic heterocycles. The van der Waals surface area contributed by atoms with Gasteiger partial charge in [0.1, 0.15) is 12.2 Å². The molecule has 0 aromatic rings. The largest absolute Gasteiger partial charge is 0.481 e. The van der Waals surface area contributed by atoms with Crippen LogP contribution in [0.5, 0.6) is 0 Å². The predicted octanol–water partition coefficient (Wildman–Crippen LogP) is -1.84. The number of aliphatic hydroxyl groups is 3. The van der Waals surface area contributed by atoms with Gasteiger partial charge in [0.25, 0.3) is 0 Å². The Morgan fingerprint density at radius 3 is 2.44 bits per heavy atom. The first-order valence-corrected chi connectivity index (χ1v) is 4.88. The highest BCUT2D eigenvalue weighted by Crippen LogP contribution is 2.28. The van der Waals surface area contributed by atoms with E-state index in [2.05, 4.69) is 0 Å². The first-order chi connectivity index (χ1) is 7.51. The summed E-state index contributed by atoms with van der Waals surface area (Å²) in [6, 6.07) is 0. The Kier molecular flexibility index (Phi) is 4.63. The molecule has 7 heteroatoms. The summed E-state index contributed by atoms with van der Waals surface area (Å²) >= 11 is 0. The maximum absolute atomic E-state index is 10.6. The second-order valence-electron chi connectivity index (χ2n) is 3.70. The molecule has 1 fully saturated rings. The van der Waals surface area contributed by atoms with Gasteiger partial charge in [-0.15, -0.1) is 0 Å². The van der Waals surface area contributed by atoms with E-state index in [0.717, 1.165) is 0 Å².